The Bertz CT molecular complexity index is 701. The lowest BCUT2D eigenvalue weighted by molar-refractivity contribution is 0.194. The number of hydrogen-bond acceptors (Lipinski definition) is 3. The first kappa shape index (κ1) is 10.4. The van der Waals surface area contributed by atoms with Gasteiger partial charge in [0.2, 0.25) is 0 Å². The fourth-order valence-electron chi connectivity index (χ4n) is 1.39. The van der Waals surface area contributed by atoms with E-state index in [1.807, 2.05) is 0 Å². The summed E-state index contributed by atoms with van der Waals surface area (Å²) in [7, 11) is 0. The molecule has 0 atom stereocenters. The van der Waals surface area contributed by atoms with Crippen molar-refractivity contribution in [2.75, 3.05) is 0 Å². The molecule has 16 heavy (non-hydrogen) atoms. The molecule has 6 nitrogen and oxygen atoms in total. The van der Waals surface area contributed by atoms with Crippen LogP contribution < -0.4 is 11.2 Å². The van der Waals surface area contributed by atoms with Crippen LogP contribution in [-0.2, 0) is 0 Å². The highest BCUT2D eigenvalue weighted by Gasteiger charge is 2.14. The molecule has 2 N–H and O–H groups in total. The molecule has 0 aliphatic rings. The Labute approximate surface area is 92.7 Å². The fourth-order valence-corrected chi connectivity index (χ4v) is 1.65. The van der Waals surface area contributed by atoms with Crippen LogP contribution in [0.25, 0.3) is 10.9 Å². The average Bonchev–Trinajstić information content (AvgIpc) is 2.15. The third kappa shape index (κ3) is 1.40. The maximum atomic E-state index is 11.7. The third-order valence-corrected chi connectivity index (χ3v) is 2.38. The normalized spacial score (nSPS) is 10.6. The van der Waals surface area contributed by atoms with Crippen LogP contribution >= 0.6 is 11.6 Å². The van der Waals surface area contributed by atoms with Gasteiger partial charge in [0.1, 0.15) is 0 Å². The van der Waals surface area contributed by atoms with E-state index in [1.54, 1.807) is 6.07 Å². The summed E-state index contributed by atoms with van der Waals surface area (Å²) in [6.45, 7) is 0. The van der Waals surface area contributed by atoms with Crippen LogP contribution in [-0.4, -0.2) is 20.8 Å². The van der Waals surface area contributed by atoms with E-state index in [2.05, 4.69) is 4.98 Å². The van der Waals surface area contributed by atoms with Crippen LogP contribution in [0.5, 0.6) is 0 Å². The molecule has 2 aromatic rings. The predicted octanol–water partition coefficient (Wildman–Crippen LogP) is 0.869. The highest BCUT2D eigenvalue weighted by Crippen LogP contribution is 2.16. The molecule has 0 amide bonds. The molecule has 0 radical (unpaired) electrons. The highest BCUT2D eigenvalue weighted by atomic mass is 35.5. The molecule has 0 aliphatic carbocycles. The number of aromatic nitrogens is 2. The minimum Gasteiger partial charge on any atom is -0.464 e. The number of hydrogen-bond donors (Lipinski definition) is 2. The van der Waals surface area contributed by atoms with E-state index in [9.17, 15) is 14.4 Å². The minimum absolute atomic E-state index is 0.0221. The Hall–Kier alpha value is -2.08. The van der Waals surface area contributed by atoms with Crippen LogP contribution in [0.4, 0.5) is 4.79 Å². The first-order valence-corrected chi connectivity index (χ1v) is 4.57. The van der Waals surface area contributed by atoms with E-state index in [4.69, 9.17) is 16.7 Å². The van der Waals surface area contributed by atoms with Crippen molar-refractivity contribution in [1.82, 2.24) is 9.55 Å². The molecule has 0 bridgehead atoms. The van der Waals surface area contributed by atoms with Gasteiger partial charge in [-0.3, -0.25) is 4.79 Å². The van der Waals surface area contributed by atoms with Crippen molar-refractivity contribution in [3.63, 3.8) is 0 Å². The van der Waals surface area contributed by atoms with Crippen molar-refractivity contribution >= 4 is 28.6 Å². The Balaban J connectivity index is 3.10. The number of carbonyl (C=O) groups is 1. The van der Waals surface area contributed by atoms with Crippen LogP contribution in [0.1, 0.15) is 0 Å². The summed E-state index contributed by atoms with van der Waals surface area (Å²) < 4.78 is 0.0776. The van der Waals surface area contributed by atoms with Crippen molar-refractivity contribution < 1.29 is 9.90 Å². The van der Waals surface area contributed by atoms with Crippen LogP contribution in [0, 0.1) is 0 Å². The van der Waals surface area contributed by atoms with E-state index in [0.29, 0.717) is 0 Å². The maximum absolute atomic E-state index is 11.7. The predicted molar refractivity (Wildman–Crippen MR) is 57.3 cm³/mol. The van der Waals surface area contributed by atoms with E-state index in [1.165, 1.54) is 12.1 Å². The van der Waals surface area contributed by atoms with Gasteiger partial charge in [0.25, 0.3) is 5.56 Å². The summed E-state index contributed by atoms with van der Waals surface area (Å²) in [6.07, 6.45) is -1.65. The quantitative estimate of drug-likeness (QED) is 0.715. The van der Waals surface area contributed by atoms with E-state index >= 15 is 0 Å². The van der Waals surface area contributed by atoms with Gasteiger partial charge >= 0.3 is 11.8 Å². The second-order valence-corrected chi connectivity index (χ2v) is 3.42. The second kappa shape index (κ2) is 3.49. The smallest absolute Gasteiger partial charge is 0.422 e. The van der Waals surface area contributed by atoms with Crippen molar-refractivity contribution in [1.29, 1.82) is 0 Å². The second-order valence-electron chi connectivity index (χ2n) is 3.02. The van der Waals surface area contributed by atoms with Crippen LogP contribution in [0.2, 0.25) is 5.02 Å². The Morgan fingerprint density at radius 2 is 2.06 bits per heavy atom. The van der Waals surface area contributed by atoms with Crippen LogP contribution in [0.15, 0.2) is 27.8 Å². The average molecular weight is 241 g/mol. The van der Waals surface area contributed by atoms with Gasteiger partial charge in [-0.2, -0.15) is 4.57 Å². The van der Waals surface area contributed by atoms with Gasteiger partial charge in [0.05, 0.1) is 15.9 Å². The van der Waals surface area contributed by atoms with Crippen molar-refractivity contribution in [2.24, 2.45) is 0 Å². The van der Waals surface area contributed by atoms with Gasteiger partial charge in [-0.15, -0.1) is 0 Å². The molecule has 7 heteroatoms. The minimum atomic E-state index is -1.65. The molecule has 0 spiro atoms. The van der Waals surface area contributed by atoms with Gasteiger partial charge < -0.3 is 10.1 Å². The van der Waals surface area contributed by atoms with E-state index in [-0.39, 0.29) is 20.5 Å². The molecule has 1 aromatic heterocycles. The van der Waals surface area contributed by atoms with Gasteiger partial charge in [0.15, 0.2) is 0 Å². The summed E-state index contributed by atoms with van der Waals surface area (Å²) in [5.41, 5.74) is -1.75. The summed E-state index contributed by atoms with van der Waals surface area (Å²) in [4.78, 5) is 35.9. The molecule has 82 valence electrons. The molecular formula is C9H5ClN2O4. The first-order chi connectivity index (χ1) is 7.52. The largest absolute Gasteiger partial charge is 0.464 e. The number of halogens is 1. The molecule has 0 unspecified atom stereocenters. The number of nitrogens with one attached hydrogen (secondary N) is 1. The Morgan fingerprint density at radius 1 is 1.38 bits per heavy atom. The lowest BCUT2D eigenvalue weighted by atomic mass is 10.2. The lowest BCUT2D eigenvalue weighted by Gasteiger charge is -2.02. The van der Waals surface area contributed by atoms with E-state index in [0.717, 1.165) is 0 Å². The zero-order valence-electron chi connectivity index (χ0n) is 7.73. The SMILES string of the molecule is O=C(O)n1c(=O)[nH]c2cccc(Cl)c2c1=O. The summed E-state index contributed by atoms with van der Waals surface area (Å²) >= 11 is 5.76. The maximum Gasteiger partial charge on any atom is 0.422 e. The number of carboxylic acid groups (broad SMARTS) is 1. The molecule has 1 aromatic carbocycles. The zero-order chi connectivity index (χ0) is 11.9. The monoisotopic (exact) mass is 240 g/mol. The molecule has 0 aliphatic heterocycles. The van der Waals surface area contributed by atoms with Crippen molar-refractivity contribution in [3.8, 4) is 0 Å². The number of fused-ring (bicyclic) bond motifs is 1. The van der Waals surface area contributed by atoms with Crippen molar-refractivity contribution in [3.05, 3.63) is 44.1 Å². The molecular weight excluding hydrogens is 236 g/mol. The Kier molecular flexibility index (Phi) is 2.28. The third-order valence-electron chi connectivity index (χ3n) is 2.07. The standard InChI is InChI=1S/C9H5ClN2O4/c10-4-2-1-3-5-6(4)7(13)12(9(15)16)8(14)11-5/h1-3H,(H,11,14)(H,15,16). The fraction of sp³-hybridized carbons (Fsp3) is 0. The highest BCUT2D eigenvalue weighted by molar-refractivity contribution is 6.35. The Morgan fingerprint density at radius 3 is 2.69 bits per heavy atom. The lowest BCUT2D eigenvalue weighted by Crippen LogP contribution is -2.39. The zero-order valence-corrected chi connectivity index (χ0v) is 8.49. The number of benzene rings is 1. The number of rotatable bonds is 0. The van der Waals surface area contributed by atoms with Crippen molar-refractivity contribution in [2.45, 2.75) is 0 Å². The van der Waals surface area contributed by atoms with Gasteiger partial charge in [-0.1, -0.05) is 17.7 Å². The summed E-state index contributed by atoms with van der Waals surface area (Å²) in [5.74, 6) is 0. The number of nitrogens with zero attached hydrogens (tertiary/aromatic N) is 1. The first-order valence-electron chi connectivity index (χ1n) is 4.19. The number of H-pyrrole nitrogens is 1. The molecule has 0 saturated heterocycles. The summed E-state index contributed by atoms with van der Waals surface area (Å²) in [5, 5.41) is 8.77. The summed E-state index contributed by atoms with van der Waals surface area (Å²) in [6, 6.07) is 4.46. The molecule has 0 fully saturated rings. The van der Waals surface area contributed by atoms with Gasteiger partial charge in [0, 0.05) is 0 Å². The topological polar surface area (TPSA) is 92.2 Å². The van der Waals surface area contributed by atoms with E-state index < -0.39 is 17.3 Å². The van der Waals surface area contributed by atoms with Crippen LogP contribution in [0.3, 0.4) is 0 Å². The van der Waals surface area contributed by atoms with Gasteiger partial charge in [-0.05, 0) is 12.1 Å². The molecule has 1 heterocycles. The molecule has 0 saturated carbocycles. The van der Waals surface area contributed by atoms with Gasteiger partial charge in [-0.25, -0.2) is 9.59 Å². The number of aromatic amines is 1. The molecule has 2 rings (SSSR count).